The van der Waals surface area contributed by atoms with Crippen molar-refractivity contribution in [3.8, 4) is 0 Å². The highest BCUT2D eigenvalue weighted by molar-refractivity contribution is 4.96. The molecule has 0 aliphatic heterocycles. The van der Waals surface area contributed by atoms with Crippen LogP contribution in [0.4, 0.5) is 0 Å². The lowest BCUT2D eigenvalue weighted by molar-refractivity contribution is 0.582. The number of hydrogen-bond donors (Lipinski definition) is 1. The van der Waals surface area contributed by atoms with E-state index in [9.17, 15) is 0 Å². The van der Waals surface area contributed by atoms with Gasteiger partial charge in [0.2, 0.25) is 0 Å². The van der Waals surface area contributed by atoms with Gasteiger partial charge < -0.3 is 10.3 Å². The first-order chi connectivity index (χ1) is 7.35. The van der Waals surface area contributed by atoms with Crippen molar-refractivity contribution < 1.29 is 0 Å². The van der Waals surface area contributed by atoms with Crippen molar-refractivity contribution in [2.75, 3.05) is 0 Å². The molecule has 0 bridgehead atoms. The molecular weight excluding hydrogens is 192 g/mol. The molecule has 0 fully saturated rings. The molecule has 6 nitrogen and oxygen atoms in total. The first kappa shape index (κ1) is 9.85. The van der Waals surface area contributed by atoms with Crippen LogP contribution in [0, 0.1) is 0 Å². The fourth-order valence-corrected chi connectivity index (χ4v) is 1.50. The number of hydrogen-bond acceptors (Lipinski definition) is 4. The average Bonchev–Trinajstić information content (AvgIpc) is 2.87. The van der Waals surface area contributed by atoms with E-state index in [1.54, 1.807) is 12.5 Å². The van der Waals surface area contributed by atoms with Crippen molar-refractivity contribution in [1.82, 2.24) is 24.3 Å². The Morgan fingerprint density at radius 1 is 1.33 bits per heavy atom. The predicted molar refractivity (Wildman–Crippen MR) is 54.9 cm³/mol. The topological polar surface area (TPSA) is 74.5 Å². The fourth-order valence-electron chi connectivity index (χ4n) is 1.50. The first-order valence-electron chi connectivity index (χ1n) is 4.92. The molecule has 0 aromatic carbocycles. The molecule has 0 saturated carbocycles. The molecule has 0 amide bonds. The van der Waals surface area contributed by atoms with Crippen LogP contribution >= 0.6 is 0 Å². The van der Waals surface area contributed by atoms with Crippen molar-refractivity contribution >= 4 is 0 Å². The molecule has 0 radical (unpaired) electrons. The second-order valence-corrected chi connectivity index (χ2v) is 3.17. The van der Waals surface area contributed by atoms with Crippen LogP contribution in [0.2, 0.25) is 0 Å². The molecule has 2 aromatic heterocycles. The van der Waals surface area contributed by atoms with E-state index in [-0.39, 0.29) is 0 Å². The molecule has 2 heterocycles. The molecule has 0 spiro atoms. The molecule has 2 aromatic rings. The van der Waals surface area contributed by atoms with E-state index < -0.39 is 0 Å². The number of imidazole rings is 1. The first-order valence-corrected chi connectivity index (χ1v) is 4.92. The quantitative estimate of drug-likeness (QED) is 0.764. The van der Waals surface area contributed by atoms with E-state index in [0.29, 0.717) is 13.1 Å². The van der Waals surface area contributed by atoms with Gasteiger partial charge >= 0.3 is 0 Å². The minimum Gasteiger partial charge on any atom is -0.326 e. The highest BCUT2D eigenvalue weighted by Gasteiger charge is 2.06. The second-order valence-electron chi connectivity index (χ2n) is 3.17. The molecule has 0 unspecified atom stereocenters. The van der Waals surface area contributed by atoms with Gasteiger partial charge in [-0.15, -0.1) is 0 Å². The van der Waals surface area contributed by atoms with Gasteiger partial charge in [0.25, 0.3) is 0 Å². The summed E-state index contributed by atoms with van der Waals surface area (Å²) in [6, 6.07) is 0. The van der Waals surface area contributed by atoms with Crippen molar-refractivity contribution in [3.05, 3.63) is 30.4 Å². The maximum atomic E-state index is 5.57. The number of aromatic nitrogens is 5. The third-order valence-electron chi connectivity index (χ3n) is 2.29. The van der Waals surface area contributed by atoms with Crippen LogP contribution in [0.3, 0.4) is 0 Å². The van der Waals surface area contributed by atoms with Crippen molar-refractivity contribution in [1.29, 1.82) is 0 Å². The largest absolute Gasteiger partial charge is 0.326 e. The predicted octanol–water partition coefficient (Wildman–Crippen LogP) is 0.00150. The SMILES string of the molecule is CCn1ncnc1Cn1ccnc1CN. The Labute approximate surface area is 87.8 Å². The highest BCUT2D eigenvalue weighted by Crippen LogP contribution is 2.02. The Kier molecular flexibility index (Phi) is 2.77. The van der Waals surface area contributed by atoms with Gasteiger partial charge in [0, 0.05) is 18.9 Å². The van der Waals surface area contributed by atoms with Crippen LogP contribution in [0.15, 0.2) is 18.7 Å². The molecule has 0 aliphatic carbocycles. The number of nitrogens with two attached hydrogens (primary N) is 1. The summed E-state index contributed by atoms with van der Waals surface area (Å²) in [6.45, 7) is 3.96. The lowest BCUT2D eigenvalue weighted by Crippen LogP contribution is -2.13. The zero-order valence-corrected chi connectivity index (χ0v) is 8.67. The normalized spacial score (nSPS) is 10.8. The Morgan fingerprint density at radius 3 is 2.93 bits per heavy atom. The monoisotopic (exact) mass is 206 g/mol. The fraction of sp³-hybridized carbons (Fsp3) is 0.444. The average molecular weight is 206 g/mol. The van der Waals surface area contributed by atoms with Crippen molar-refractivity contribution in [2.45, 2.75) is 26.6 Å². The van der Waals surface area contributed by atoms with Gasteiger partial charge in [-0.2, -0.15) is 5.10 Å². The minimum atomic E-state index is 0.438. The van der Waals surface area contributed by atoms with Crippen LogP contribution in [0.5, 0.6) is 0 Å². The highest BCUT2D eigenvalue weighted by atomic mass is 15.3. The zero-order valence-electron chi connectivity index (χ0n) is 8.67. The second kappa shape index (κ2) is 4.22. The molecule has 2 N–H and O–H groups in total. The molecule has 15 heavy (non-hydrogen) atoms. The van der Waals surface area contributed by atoms with Gasteiger partial charge in [-0.3, -0.25) is 0 Å². The molecule has 0 saturated heterocycles. The van der Waals surface area contributed by atoms with E-state index >= 15 is 0 Å². The van der Waals surface area contributed by atoms with Gasteiger partial charge in [-0.1, -0.05) is 0 Å². The summed E-state index contributed by atoms with van der Waals surface area (Å²) in [4.78, 5) is 8.35. The molecule has 0 aliphatic rings. The summed E-state index contributed by atoms with van der Waals surface area (Å²) >= 11 is 0. The summed E-state index contributed by atoms with van der Waals surface area (Å²) in [7, 11) is 0. The van der Waals surface area contributed by atoms with Crippen LogP contribution in [-0.4, -0.2) is 24.3 Å². The van der Waals surface area contributed by atoms with Crippen LogP contribution in [0.1, 0.15) is 18.6 Å². The minimum absolute atomic E-state index is 0.438. The Balaban J connectivity index is 2.21. The Morgan fingerprint density at radius 2 is 2.20 bits per heavy atom. The zero-order chi connectivity index (χ0) is 10.7. The molecule has 2 rings (SSSR count). The van der Waals surface area contributed by atoms with Gasteiger partial charge in [0.05, 0.1) is 13.1 Å². The van der Waals surface area contributed by atoms with Gasteiger partial charge in [0.1, 0.15) is 18.0 Å². The van der Waals surface area contributed by atoms with E-state index in [1.165, 1.54) is 0 Å². The van der Waals surface area contributed by atoms with E-state index in [1.807, 2.05) is 22.4 Å². The van der Waals surface area contributed by atoms with Crippen LogP contribution in [0.25, 0.3) is 0 Å². The maximum Gasteiger partial charge on any atom is 0.146 e. The number of nitrogens with zero attached hydrogens (tertiary/aromatic N) is 5. The molecule has 80 valence electrons. The van der Waals surface area contributed by atoms with E-state index in [0.717, 1.165) is 18.2 Å². The summed E-state index contributed by atoms with van der Waals surface area (Å²) in [5, 5.41) is 4.11. The number of rotatable bonds is 4. The van der Waals surface area contributed by atoms with Crippen LogP contribution < -0.4 is 5.73 Å². The number of aryl methyl sites for hydroxylation is 1. The summed E-state index contributed by atoms with van der Waals surface area (Å²) in [5.74, 6) is 1.78. The van der Waals surface area contributed by atoms with E-state index in [4.69, 9.17) is 5.73 Å². The molecule has 0 atom stereocenters. The summed E-state index contributed by atoms with van der Waals surface area (Å²) < 4.78 is 3.84. The van der Waals surface area contributed by atoms with Crippen LogP contribution in [-0.2, 0) is 19.6 Å². The van der Waals surface area contributed by atoms with Crippen molar-refractivity contribution in [2.24, 2.45) is 5.73 Å². The third kappa shape index (κ3) is 1.89. The standard InChI is InChI=1S/C9H14N6/c1-2-15-9(12-7-13-15)6-14-4-3-11-8(14)5-10/h3-4,7H,2,5-6,10H2,1H3. The van der Waals surface area contributed by atoms with Gasteiger partial charge in [0.15, 0.2) is 0 Å². The lowest BCUT2D eigenvalue weighted by atomic mass is 10.5. The smallest absolute Gasteiger partial charge is 0.146 e. The summed E-state index contributed by atoms with van der Waals surface area (Å²) in [6.07, 6.45) is 5.21. The maximum absolute atomic E-state index is 5.57. The Hall–Kier alpha value is -1.69. The van der Waals surface area contributed by atoms with Gasteiger partial charge in [-0.05, 0) is 6.92 Å². The van der Waals surface area contributed by atoms with Gasteiger partial charge in [-0.25, -0.2) is 14.6 Å². The Bertz CT molecular complexity index is 389. The van der Waals surface area contributed by atoms with E-state index in [2.05, 4.69) is 15.1 Å². The third-order valence-corrected chi connectivity index (χ3v) is 2.29. The molecular formula is C9H14N6. The summed E-state index contributed by atoms with van der Waals surface area (Å²) in [5.41, 5.74) is 5.57. The van der Waals surface area contributed by atoms with Crippen molar-refractivity contribution in [3.63, 3.8) is 0 Å². The molecule has 6 heteroatoms. The lowest BCUT2D eigenvalue weighted by Gasteiger charge is -2.06.